The summed E-state index contributed by atoms with van der Waals surface area (Å²) in [5, 5.41) is 0. The number of hydrogen-bond acceptors (Lipinski definition) is 7. The number of nitrogens with zero attached hydrogens (tertiary/aromatic N) is 1. The third-order valence-electron chi connectivity index (χ3n) is 5.85. The van der Waals surface area contributed by atoms with E-state index >= 15 is 0 Å². The van der Waals surface area contributed by atoms with E-state index in [2.05, 4.69) is 29.0 Å². The standard InChI is InChI=1S/C26H51NS6/c1-3-5-7-9-11-13-15-17-19-21-23-28-32-25-27-31-26(30-25)33-29-24-22-20-18-16-14-12-10-8-6-4-2/h26H,3-24H2,1-2H3. The summed E-state index contributed by atoms with van der Waals surface area (Å²) in [6, 6.07) is 0. The maximum absolute atomic E-state index is 4.69. The topological polar surface area (TPSA) is 12.4 Å². The van der Waals surface area contributed by atoms with E-state index in [9.17, 15) is 0 Å². The molecule has 0 spiro atoms. The summed E-state index contributed by atoms with van der Waals surface area (Å²) in [7, 11) is 8.02. The van der Waals surface area contributed by atoms with Crippen molar-refractivity contribution in [3.8, 4) is 0 Å². The second-order valence-electron chi connectivity index (χ2n) is 9.06. The average Bonchev–Trinajstić information content (AvgIpc) is 3.28. The van der Waals surface area contributed by atoms with Gasteiger partial charge in [-0.15, -0.1) is 0 Å². The number of thioether (sulfide) groups is 1. The Balaban J connectivity index is 1.77. The molecule has 1 unspecified atom stereocenters. The first-order chi connectivity index (χ1) is 16.4. The highest BCUT2D eigenvalue weighted by Crippen LogP contribution is 2.50. The van der Waals surface area contributed by atoms with E-state index in [1.807, 2.05) is 44.1 Å². The molecule has 0 bridgehead atoms. The molecule has 0 radical (unpaired) electrons. The molecule has 1 heterocycles. The third-order valence-corrected chi connectivity index (χ3v) is 14.7. The molecule has 0 amide bonds. The molecule has 0 fully saturated rings. The number of hydrogen-bond donors (Lipinski definition) is 0. The Morgan fingerprint density at radius 3 is 1.48 bits per heavy atom. The normalized spacial score (nSPS) is 15.9. The molecule has 1 nitrogen and oxygen atoms in total. The summed E-state index contributed by atoms with van der Waals surface area (Å²) in [5.41, 5.74) is 0. The van der Waals surface area contributed by atoms with Crippen LogP contribution in [-0.4, -0.2) is 19.8 Å². The highest BCUT2D eigenvalue weighted by Gasteiger charge is 2.22. The molecule has 1 atom stereocenters. The Hall–Kier alpha value is 1.77. The minimum atomic E-state index is 0.568. The molecule has 0 saturated heterocycles. The van der Waals surface area contributed by atoms with Crippen molar-refractivity contribution in [3.05, 3.63) is 0 Å². The predicted octanol–water partition coefficient (Wildman–Crippen LogP) is 12.6. The van der Waals surface area contributed by atoms with Crippen LogP contribution in [0.3, 0.4) is 0 Å². The lowest BCUT2D eigenvalue weighted by Gasteiger charge is -2.06. The maximum atomic E-state index is 4.69. The summed E-state index contributed by atoms with van der Waals surface area (Å²) in [5.74, 6) is 2.57. The summed E-state index contributed by atoms with van der Waals surface area (Å²) >= 11 is 3.75. The largest absolute Gasteiger partial charge is 0.200 e. The Labute approximate surface area is 231 Å². The quantitative estimate of drug-likeness (QED) is 0.0611. The van der Waals surface area contributed by atoms with Crippen molar-refractivity contribution in [2.75, 3.05) is 11.5 Å². The summed E-state index contributed by atoms with van der Waals surface area (Å²) in [6.45, 7) is 4.59. The van der Waals surface area contributed by atoms with Crippen LogP contribution in [0.25, 0.3) is 0 Å². The van der Waals surface area contributed by atoms with E-state index in [1.54, 1.807) is 11.9 Å². The van der Waals surface area contributed by atoms with Gasteiger partial charge in [-0.2, -0.15) is 4.40 Å². The Bertz CT molecular complexity index is 435. The van der Waals surface area contributed by atoms with Gasteiger partial charge in [-0.3, -0.25) is 0 Å². The zero-order valence-corrected chi connectivity index (χ0v) is 26.4. The summed E-state index contributed by atoms with van der Waals surface area (Å²) in [6.07, 6.45) is 28.5. The molecule has 33 heavy (non-hydrogen) atoms. The van der Waals surface area contributed by atoms with Gasteiger partial charge in [0.2, 0.25) is 0 Å². The highest BCUT2D eigenvalue weighted by molar-refractivity contribution is 8.88. The van der Waals surface area contributed by atoms with Gasteiger partial charge in [-0.25, -0.2) is 0 Å². The van der Waals surface area contributed by atoms with E-state index in [0.29, 0.717) is 3.91 Å². The number of rotatable bonds is 25. The molecule has 0 aromatic heterocycles. The van der Waals surface area contributed by atoms with E-state index in [1.165, 1.54) is 144 Å². The van der Waals surface area contributed by atoms with Crippen LogP contribution >= 0.6 is 66.9 Å². The Morgan fingerprint density at radius 2 is 1.00 bits per heavy atom. The van der Waals surface area contributed by atoms with Crippen LogP contribution in [0.5, 0.6) is 0 Å². The van der Waals surface area contributed by atoms with Crippen molar-refractivity contribution in [1.29, 1.82) is 0 Å². The third kappa shape index (κ3) is 22.7. The molecular formula is C26H51NS6. The van der Waals surface area contributed by atoms with Crippen LogP contribution in [0.2, 0.25) is 0 Å². The van der Waals surface area contributed by atoms with Crippen molar-refractivity contribution < 1.29 is 0 Å². The highest BCUT2D eigenvalue weighted by atomic mass is 33.1. The van der Waals surface area contributed by atoms with E-state index in [4.69, 9.17) is 0 Å². The fourth-order valence-corrected chi connectivity index (χ4v) is 12.4. The van der Waals surface area contributed by atoms with Crippen molar-refractivity contribution >= 4 is 71.3 Å². The molecule has 0 N–H and O–H groups in total. The van der Waals surface area contributed by atoms with Crippen LogP contribution < -0.4 is 0 Å². The summed E-state index contributed by atoms with van der Waals surface area (Å²) < 4.78 is 6.54. The molecule has 0 saturated carbocycles. The van der Waals surface area contributed by atoms with Gasteiger partial charge < -0.3 is 0 Å². The van der Waals surface area contributed by atoms with Crippen molar-refractivity contribution in [2.45, 2.75) is 146 Å². The Morgan fingerprint density at radius 1 is 0.576 bits per heavy atom. The zero-order valence-electron chi connectivity index (χ0n) is 21.5. The lowest BCUT2D eigenvalue weighted by Crippen LogP contribution is -1.86. The van der Waals surface area contributed by atoms with Crippen LogP contribution in [0, 0.1) is 0 Å². The molecule has 0 aliphatic carbocycles. The van der Waals surface area contributed by atoms with Crippen molar-refractivity contribution in [3.63, 3.8) is 0 Å². The molecule has 196 valence electrons. The lowest BCUT2D eigenvalue weighted by molar-refractivity contribution is 0.563. The average molecular weight is 570 g/mol. The van der Waals surface area contributed by atoms with Crippen molar-refractivity contribution in [1.82, 2.24) is 0 Å². The first-order valence-corrected chi connectivity index (χ1v) is 20.3. The van der Waals surface area contributed by atoms with Gasteiger partial charge in [0.25, 0.3) is 0 Å². The fraction of sp³-hybridized carbons (Fsp3) is 0.962. The fourth-order valence-electron chi connectivity index (χ4n) is 3.78. The lowest BCUT2D eigenvalue weighted by atomic mass is 10.1. The van der Waals surface area contributed by atoms with Gasteiger partial charge >= 0.3 is 0 Å². The van der Waals surface area contributed by atoms with Gasteiger partial charge in [-0.1, -0.05) is 174 Å². The number of unbranched alkanes of at least 4 members (excludes halogenated alkanes) is 18. The van der Waals surface area contributed by atoms with Crippen molar-refractivity contribution in [2.24, 2.45) is 4.40 Å². The maximum Gasteiger partial charge on any atom is 0.150 e. The van der Waals surface area contributed by atoms with Gasteiger partial charge in [0.05, 0.1) is 0 Å². The molecule has 0 aromatic rings. The predicted molar refractivity (Wildman–Crippen MR) is 170 cm³/mol. The molecule has 1 rings (SSSR count). The zero-order chi connectivity index (χ0) is 23.7. The van der Waals surface area contributed by atoms with Gasteiger partial charge in [0.15, 0.2) is 4.38 Å². The monoisotopic (exact) mass is 569 g/mol. The minimum Gasteiger partial charge on any atom is -0.200 e. The van der Waals surface area contributed by atoms with E-state index in [0.717, 1.165) is 0 Å². The first-order valence-electron chi connectivity index (χ1n) is 13.8. The minimum absolute atomic E-state index is 0.568. The second kappa shape index (κ2) is 26.8. The van der Waals surface area contributed by atoms with Crippen LogP contribution in [-0.2, 0) is 0 Å². The second-order valence-corrected chi connectivity index (χ2v) is 17.2. The smallest absolute Gasteiger partial charge is 0.150 e. The van der Waals surface area contributed by atoms with E-state index in [-0.39, 0.29) is 0 Å². The van der Waals surface area contributed by atoms with E-state index < -0.39 is 0 Å². The Kier molecular flexibility index (Phi) is 26.7. The molecule has 1 aliphatic heterocycles. The SMILES string of the molecule is CCCCCCCCCCCCSSC1=NSC(SSCCCCCCCCCCCC)S1. The van der Waals surface area contributed by atoms with Gasteiger partial charge in [-0.05, 0) is 23.6 Å². The first kappa shape index (κ1) is 32.8. The molecule has 7 heteroatoms. The molecule has 1 aliphatic rings. The molecule has 0 aromatic carbocycles. The van der Waals surface area contributed by atoms with Crippen LogP contribution in [0.1, 0.15) is 142 Å². The van der Waals surface area contributed by atoms with Gasteiger partial charge in [0.1, 0.15) is 3.91 Å². The van der Waals surface area contributed by atoms with Gasteiger partial charge in [0, 0.05) is 23.5 Å². The molecular weight excluding hydrogens is 519 g/mol. The summed E-state index contributed by atoms with van der Waals surface area (Å²) in [4.78, 5) is 0. The van der Waals surface area contributed by atoms with Crippen LogP contribution in [0.15, 0.2) is 4.40 Å². The van der Waals surface area contributed by atoms with Crippen LogP contribution in [0.4, 0.5) is 0 Å².